The summed E-state index contributed by atoms with van der Waals surface area (Å²) >= 11 is 0. The second kappa shape index (κ2) is 5.39. The minimum atomic E-state index is -0.825. The summed E-state index contributed by atoms with van der Waals surface area (Å²) in [5.74, 6) is -0.549. The average Bonchev–Trinajstić information content (AvgIpc) is 3.31. The summed E-state index contributed by atoms with van der Waals surface area (Å²) in [4.78, 5) is 25.7. The van der Waals surface area contributed by atoms with Crippen LogP contribution in [0.3, 0.4) is 0 Å². The molecule has 2 fully saturated rings. The molecule has 2 aliphatic rings. The summed E-state index contributed by atoms with van der Waals surface area (Å²) in [6.07, 6.45) is 2.70. The fourth-order valence-electron chi connectivity index (χ4n) is 3.15. The fourth-order valence-corrected chi connectivity index (χ4v) is 3.15. The molecule has 1 saturated carbocycles. The number of nitrogens with zero attached hydrogens (tertiary/aromatic N) is 1. The Morgan fingerprint density at radius 3 is 2.43 bits per heavy atom. The Morgan fingerprint density at radius 1 is 1.24 bits per heavy atom. The summed E-state index contributed by atoms with van der Waals surface area (Å²) in [5.41, 5.74) is 0.878. The lowest BCUT2D eigenvalue weighted by Crippen LogP contribution is -2.46. The lowest BCUT2D eigenvalue weighted by molar-refractivity contribution is -0.152. The van der Waals surface area contributed by atoms with E-state index in [1.807, 2.05) is 29.2 Å². The number of rotatable bonds is 4. The Kier molecular flexibility index (Phi) is 3.57. The van der Waals surface area contributed by atoms with Gasteiger partial charge in [-0.1, -0.05) is 12.1 Å². The Labute approximate surface area is 123 Å². The molecule has 1 amide bonds. The minimum absolute atomic E-state index is 0.0795. The van der Waals surface area contributed by atoms with Crippen molar-refractivity contribution >= 4 is 11.9 Å². The van der Waals surface area contributed by atoms with Crippen LogP contribution in [-0.2, 0) is 9.59 Å². The maximum Gasteiger partial charge on any atom is 0.308 e. The molecule has 5 nitrogen and oxygen atoms in total. The summed E-state index contributed by atoms with van der Waals surface area (Å²) < 4.78 is 5.14. The molecule has 0 radical (unpaired) electrons. The van der Waals surface area contributed by atoms with Crippen LogP contribution in [0.4, 0.5) is 0 Å². The number of amides is 1. The van der Waals surface area contributed by atoms with Gasteiger partial charge in [0.15, 0.2) is 0 Å². The third-order valence-electron chi connectivity index (χ3n) is 4.35. The van der Waals surface area contributed by atoms with E-state index in [0.717, 1.165) is 24.2 Å². The van der Waals surface area contributed by atoms with E-state index in [1.54, 1.807) is 7.11 Å². The molecular formula is C16H19NO4. The molecule has 0 bridgehead atoms. The molecular weight excluding hydrogens is 270 g/mol. The third-order valence-corrected chi connectivity index (χ3v) is 4.35. The van der Waals surface area contributed by atoms with Crippen molar-refractivity contribution in [1.29, 1.82) is 0 Å². The molecule has 112 valence electrons. The Hall–Kier alpha value is -2.04. The smallest absolute Gasteiger partial charge is 0.308 e. The molecule has 1 saturated heterocycles. The quantitative estimate of drug-likeness (QED) is 0.923. The zero-order chi connectivity index (χ0) is 15.0. The highest BCUT2D eigenvalue weighted by molar-refractivity contribution is 5.82. The molecule has 3 rings (SSSR count). The van der Waals surface area contributed by atoms with Gasteiger partial charge in [-0.05, 0) is 37.0 Å². The number of benzene rings is 1. The van der Waals surface area contributed by atoms with Crippen LogP contribution in [0.25, 0.3) is 0 Å². The van der Waals surface area contributed by atoms with Crippen LogP contribution in [-0.4, -0.2) is 35.0 Å². The van der Waals surface area contributed by atoms with Crippen molar-refractivity contribution in [3.63, 3.8) is 0 Å². The predicted molar refractivity (Wildman–Crippen MR) is 76.0 cm³/mol. The van der Waals surface area contributed by atoms with Crippen LogP contribution >= 0.6 is 0 Å². The van der Waals surface area contributed by atoms with Crippen molar-refractivity contribution in [2.24, 2.45) is 5.92 Å². The third kappa shape index (κ3) is 2.60. The molecule has 1 N–H and O–H groups in total. The zero-order valence-corrected chi connectivity index (χ0v) is 12.0. The first-order valence-corrected chi connectivity index (χ1v) is 7.29. The van der Waals surface area contributed by atoms with E-state index in [-0.39, 0.29) is 18.0 Å². The molecule has 1 aromatic rings. The molecule has 2 atom stereocenters. The first kappa shape index (κ1) is 13.9. The standard InChI is InChI=1S/C16H19NO4/c1-21-12-6-2-10(3-7-12)15-13(16(19)20)8-9-14(18)17(15)11-4-5-11/h2-3,6-7,11,13,15H,4-5,8-9H2,1H3,(H,19,20). The Morgan fingerprint density at radius 2 is 1.90 bits per heavy atom. The first-order valence-electron chi connectivity index (χ1n) is 7.29. The summed E-state index contributed by atoms with van der Waals surface area (Å²) in [6.45, 7) is 0. The number of carboxylic acids is 1. The number of hydrogen-bond acceptors (Lipinski definition) is 3. The van der Waals surface area contributed by atoms with Crippen LogP contribution in [0.1, 0.15) is 37.3 Å². The van der Waals surface area contributed by atoms with Crippen molar-refractivity contribution < 1.29 is 19.4 Å². The monoisotopic (exact) mass is 289 g/mol. The van der Waals surface area contributed by atoms with Gasteiger partial charge in [0, 0.05) is 12.5 Å². The number of aliphatic carboxylic acids is 1. The molecule has 2 unspecified atom stereocenters. The number of carboxylic acid groups (broad SMARTS) is 1. The lowest BCUT2D eigenvalue weighted by Gasteiger charge is -2.40. The molecule has 1 aromatic carbocycles. The van der Waals surface area contributed by atoms with Gasteiger partial charge in [0.25, 0.3) is 0 Å². The van der Waals surface area contributed by atoms with Crippen LogP contribution < -0.4 is 4.74 Å². The molecule has 1 aliphatic heterocycles. The maximum atomic E-state index is 12.3. The number of methoxy groups -OCH3 is 1. The van der Waals surface area contributed by atoms with Crippen molar-refractivity contribution in [2.75, 3.05) is 7.11 Å². The second-order valence-corrected chi connectivity index (χ2v) is 5.73. The van der Waals surface area contributed by atoms with Crippen molar-refractivity contribution in [3.05, 3.63) is 29.8 Å². The number of hydrogen-bond donors (Lipinski definition) is 1. The van der Waals surface area contributed by atoms with E-state index in [4.69, 9.17) is 4.74 Å². The topological polar surface area (TPSA) is 66.8 Å². The molecule has 5 heteroatoms. The van der Waals surface area contributed by atoms with Crippen molar-refractivity contribution in [2.45, 2.75) is 37.8 Å². The van der Waals surface area contributed by atoms with Crippen LogP contribution in [0.2, 0.25) is 0 Å². The van der Waals surface area contributed by atoms with Gasteiger partial charge in [-0.25, -0.2) is 0 Å². The number of ether oxygens (including phenoxy) is 1. The van der Waals surface area contributed by atoms with Crippen LogP contribution in [0.15, 0.2) is 24.3 Å². The minimum Gasteiger partial charge on any atom is -0.497 e. The summed E-state index contributed by atoms with van der Waals surface area (Å²) in [6, 6.07) is 7.23. The van der Waals surface area contributed by atoms with E-state index in [2.05, 4.69) is 0 Å². The number of carbonyl (C=O) groups excluding carboxylic acids is 1. The molecule has 21 heavy (non-hydrogen) atoms. The van der Waals surface area contributed by atoms with Crippen LogP contribution in [0, 0.1) is 5.92 Å². The van der Waals surface area contributed by atoms with E-state index in [1.165, 1.54) is 0 Å². The molecule has 1 aliphatic carbocycles. The predicted octanol–water partition coefficient (Wildman–Crippen LogP) is 2.22. The lowest BCUT2D eigenvalue weighted by atomic mass is 9.84. The van der Waals surface area contributed by atoms with E-state index >= 15 is 0 Å². The maximum absolute atomic E-state index is 12.3. The van der Waals surface area contributed by atoms with E-state index < -0.39 is 11.9 Å². The second-order valence-electron chi connectivity index (χ2n) is 5.73. The van der Waals surface area contributed by atoms with Crippen LogP contribution in [0.5, 0.6) is 5.75 Å². The highest BCUT2D eigenvalue weighted by Gasteiger charge is 2.46. The fraction of sp³-hybridized carbons (Fsp3) is 0.500. The number of likely N-dealkylation sites (tertiary alicyclic amines) is 1. The van der Waals surface area contributed by atoms with Gasteiger partial charge >= 0.3 is 5.97 Å². The Bertz CT molecular complexity index is 550. The Balaban J connectivity index is 1.97. The highest BCUT2D eigenvalue weighted by Crippen LogP contribution is 2.43. The van der Waals surface area contributed by atoms with Gasteiger partial charge in [-0.2, -0.15) is 0 Å². The first-order chi connectivity index (χ1) is 10.1. The SMILES string of the molecule is COc1ccc(C2C(C(=O)O)CCC(=O)N2C2CC2)cc1. The van der Waals surface area contributed by atoms with Gasteiger partial charge in [0.2, 0.25) is 5.91 Å². The van der Waals surface area contributed by atoms with E-state index in [0.29, 0.717) is 12.8 Å². The molecule has 1 heterocycles. The van der Waals surface area contributed by atoms with Crippen molar-refractivity contribution in [3.8, 4) is 5.75 Å². The van der Waals surface area contributed by atoms with Crippen molar-refractivity contribution in [1.82, 2.24) is 4.90 Å². The molecule has 0 spiro atoms. The largest absolute Gasteiger partial charge is 0.497 e. The number of piperidine rings is 1. The van der Waals surface area contributed by atoms with Gasteiger partial charge < -0.3 is 14.7 Å². The zero-order valence-electron chi connectivity index (χ0n) is 12.0. The summed E-state index contributed by atoms with van der Waals surface area (Å²) in [7, 11) is 1.59. The van der Waals surface area contributed by atoms with Gasteiger partial charge in [0.05, 0.1) is 19.1 Å². The summed E-state index contributed by atoms with van der Waals surface area (Å²) in [5, 5.41) is 9.51. The van der Waals surface area contributed by atoms with Gasteiger partial charge in [-0.3, -0.25) is 9.59 Å². The number of carbonyl (C=O) groups is 2. The molecule has 0 aromatic heterocycles. The van der Waals surface area contributed by atoms with Gasteiger partial charge in [0.1, 0.15) is 5.75 Å². The van der Waals surface area contributed by atoms with E-state index in [9.17, 15) is 14.7 Å². The normalized spacial score (nSPS) is 25.8. The van der Waals surface area contributed by atoms with Gasteiger partial charge in [-0.15, -0.1) is 0 Å². The highest BCUT2D eigenvalue weighted by atomic mass is 16.5. The average molecular weight is 289 g/mol.